The number of methoxy groups -OCH3 is 1. The molecule has 24 heavy (non-hydrogen) atoms. The van der Waals surface area contributed by atoms with Crippen LogP contribution in [-0.2, 0) is 9.59 Å². The van der Waals surface area contributed by atoms with E-state index in [4.69, 9.17) is 9.47 Å². The summed E-state index contributed by atoms with van der Waals surface area (Å²) in [5, 5.41) is 5.41. The van der Waals surface area contributed by atoms with Crippen LogP contribution in [0.15, 0.2) is 24.3 Å². The van der Waals surface area contributed by atoms with Crippen molar-refractivity contribution in [3.05, 3.63) is 24.3 Å². The predicted octanol–water partition coefficient (Wildman–Crippen LogP) is 1.89. The summed E-state index contributed by atoms with van der Waals surface area (Å²) in [5.41, 5.74) is 0. The molecule has 2 unspecified atom stereocenters. The summed E-state index contributed by atoms with van der Waals surface area (Å²) in [7, 11) is 1.60. The lowest BCUT2D eigenvalue weighted by Crippen LogP contribution is -2.48. The average molecular weight is 334 g/mol. The molecule has 6 heteroatoms. The van der Waals surface area contributed by atoms with Crippen LogP contribution in [0.3, 0.4) is 0 Å². The summed E-state index contributed by atoms with van der Waals surface area (Å²) >= 11 is 0. The molecule has 0 aliphatic heterocycles. The molecule has 0 heterocycles. The summed E-state index contributed by atoms with van der Waals surface area (Å²) in [5.74, 6) is 0.702. The monoisotopic (exact) mass is 334 g/mol. The van der Waals surface area contributed by atoms with E-state index in [1.54, 1.807) is 31.4 Å². The third-order valence-electron chi connectivity index (χ3n) is 4.35. The van der Waals surface area contributed by atoms with Gasteiger partial charge in [-0.1, -0.05) is 19.8 Å². The van der Waals surface area contributed by atoms with Crippen LogP contribution < -0.4 is 20.1 Å². The highest BCUT2D eigenvalue weighted by Crippen LogP contribution is 2.23. The number of rotatable bonds is 6. The summed E-state index contributed by atoms with van der Waals surface area (Å²) < 4.78 is 10.6. The lowest BCUT2D eigenvalue weighted by Gasteiger charge is -2.29. The molecule has 0 spiro atoms. The summed E-state index contributed by atoms with van der Waals surface area (Å²) in [6.07, 6.45) is 4.35. The van der Waals surface area contributed by atoms with Crippen molar-refractivity contribution in [3.8, 4) is 11.5 Å². The van der Waals surface area contributed by atoms with Gasteiger partial charge in [-0.25, -0.2) is 0 Å². The Kier molecular flexibility index (Phi) is 6.90. The molecule has 1 aliphatic rings. The second-order valence-corrected chi connectivity index (χ2v) is 6.12. The van der Waals surface area contributed by atoms with Crippen LogP contribution in [0.2, 0.25) is 0 Å². The van der Waals surface area contributed by atoms with E-state index in [1.807, 2.05) is 0 Å². The topological polar surface area (TPSA) is 76.7 Å². The van der Waals surface area contributed by atoms with E-state index in [-0.39, 0.29) is 12.6 Å². The number of hydrogen-bond acceptors (Lipinski definition) is 4. The molecule has 132 valence electrons. The molecule has 0 bridgehead atoms. The van der Waals surface area contributed by atoms with Crippen molar-refractivity contribution < 1.29 is 19.1 Å². The van der Waals surface area contributed by atoms with Crippen molar-refractivity contribution in [2.24, 2.45) is 5.92 Å². The molecule has 1 saturated carbocycles. The van der Waals surface area contributed by atoms with Gasteiger partial charge >= 0.3 is 11.8 Å². The van der Waals surface area contributed by atoms with Gasteiger partial charge in [0.1, 0.15) is 18.1 Å². The summed E-state index contributed by atoms with van der Waals surface area (Å²) in [4.78, 5) is 23.7. The van der Waals surface area contributed by atoms with Gasteiger partial charge in [-0.05, 0) is 43.0 Å². The average Bonchev–Trinajstić information content (AvgIpc) is 2.61. The molecule has 1 aliphatic carbocycles. The maximum absolute atomic E-state index is 11.9. The third kappa shape index (κ3) is 5.44. The molecule has 2 atom stereocenters. The lowest BCUT2D eigenvalue weighted by atomic mass is 9.86. The molecule has 0 aromatic heterocycles. The molecular formula is C18H26N2O4. The molecule has 0 radical (unpaired) electrons. The van der Waals surface area contributed by atoms with Gasteiger partial charge in [0.25, 0.3) is 0 Å². The fourth-order valence-electron chi connectivity index (χ4n) is 2.85. The zero-order valence-corrected chi connectivity index (χ0v) is 14.3. The van der Waals surface area contributed by atoms with Crippen LogP contribution in [-0.4, -0.2) is 38.1 Å². The third-order valence-corrected chi connectivity index (χ3v) is 4.35. The van der Waals surface area contributed by atoms with E-state index < -0.39 is 11.8 Å². The van der Waals surface area contributed by atoms with E-state index in [2.05, 4.69) is 17.6 Å². The van der Waals surface area contributed by atoms with E-state index in [9.17, 15) is 9.59 Å². The number of ether oxygens (including phenoxy) is 2. The van der Waals surface area contributed by atoms with Gasteiger partial charge in [0, 0.05) is 6.04 Å². The zero-order valence-electron chi connectivity index (χ0n) is 14.3. The molecule has 6 nitrogen and oxygen atoms in total. The van der Waals surface area contributed by atoms with Crippen molar-refractivity contribution >= 4 is 11.8 Å². The van der Waals surface area contributed by atoms with Gasteiger partial charge in [0.05, 0.1) is 13.7 Å². The number of nitrogens with one attached hydrogen (secondary N) is 2. The van der Waals surface area contributed by atoms with Crippen molar-refractivity contribution in [1.29, 1.82) is 0 Å². The predicted molar refractivity (Wildman–Crippen MR) is 91.1 cm³/mol. The van der Waals surface area contributed by atoms with Crippen molar-refractivity contribution in [2.45, 2.75) is 38.6 Å². The van der Waals surface area contributed by atoms with Crippen LogP contribution in [0.1, 0.15) is 32.6 Å². The molecule has 1 aromatic rings. The first-order valence-corrected chi connectivity index (χ1v) is 8.45. The Hall–Kier alpha value is -2.24. The Bertz CT molecular complexity index is 544. The number of carbonyl (C=O) groups is 2. The van der Waals surface area contributed by atoms with E-state index in [1.165, 1.54) is 6.42 Å². The normalized spacial score (nSPS) is 20.1. The molecule has 2 amide bonds. The number of carbonyl (C=O) groups excluding carboxylic acids is 2. The summed E-state index contributed by atoms with van der Waals surface area (Å²) in [6, 6.07) is 7.28. The molecule has 0 saturated heterocycles. The molecule has 1 aromatic carbocycles. The highest BCUT2D eigenvalue weighted by Gasteiger charge is 2.25. The van der Waals surface area contributed by atoms with E-state index >= 15 is 0 Å². The molecule has 1 fully saturated rings. The Labute approximate surface area is 142 Å². The minimum absolute atomic E-state index is 0.104. The minimum atomic E-state index is -0.605. The van der Waals surface area contributed by atoms with Gasteiger partial charge in [0.15, 0.2) is 0 Å². The van der Waals surface area contributed by atoms with Gasteiger partial charge in [-0.15, -0.1) is 0 Å². The zero-order chi connectivity index (χ0) is 17.4. The maximum Gasteiger partial charge on any atom is 0.309 e. The maximum atomic E-state index is 11.9. The smallest absolute Gasteiger partial charge is 0.309 e. The van der Waals surface area contributed by atoms with Crippen LogP contribution in [0.4, 0.5) is 0 Å². The van der Waals surface area contributed by atoms with E-state index in [0.29, 0.717) is 18.3 Å². The van der Waals surface area contributed by atoms with Crippen molar-refractivity contribution in [3.63, 3.8) is 0 Å². The highest BCUT2D eigenvalue weighted by molar-refractivity contribution is 6.35. The van der Waals surface area contributed by atoms with Gasteiger partial charge in [-0.2, -0.15) is 0 Å². The first-order valence-electron chi connectivity index (χ1n) is 8.45. The number of hydrogen-bond donors (Lipinski definition) is 2. The Morgan fingerprint density at radius 2 is 1.75 bits per heavy atom. The summed E-state index contributed by atoms with van der Waals surface area (Å²) in [6.45, 7) is 2.69. The highest BCUT2D eigenvalue weighted by atomic mass is 16.5. The molecular weight excluding hydrogens is 308 g/mol. The molecule has 2 N–H and O–H groups in total. The first kappa shape index (κ1) is 18.1. The minimum Gasteiger partial charge on any atom is -0.497 e. The van der Waals surface area contributed by atoms with Crippen molar-refractivity contribution in [2.75, 3.05) is 20.3 Å². The second kappa shape index (κ2) is 9.15. The van der Waals surface area contributed by atoms with Crippen molar-refractivity contribution in [1.82, 2.24) is 10.6 Å². The second-order valence-electron chi connectivity index (χ2n) is 6.12. The fraction of sp³-hybridized carbons (Fsp3) is 0.556. The lowest BCUT2D eigenvalue weighted by molar-refractivity contribution is -0.140. The van der Waals surface area contributed by atoms with Gasteiger partial charge < -0.3 is 20.1 Å². The Morgan fingerprint density at radius 3 is 2.42 bits per heavy atom. The van der Waals surface area contributed by atoms with Crippen LogP contribution in [0.5, 0.6) is 11.5 Å². The fourth-order valence-corrected chi connectivity index (χ4v) is 2.85. The standard InChI is InChI=1S/C18H26N2O4/c1-13-5-3-4-6-16(13)20-18(22)17(21)19-11-12-24-15-9-7-14(23-2)8-10-15/h7-10,13,16H,3-6,11-12H2,1-2H3,(H,19,21)(H,20,22). The number of amides is 2. The van der Waals surface area contributed by atoms with Gasteiger partial charge in [-0.3, -0.25) is 9.59 Å². The van der Waals surface area contributed by atoms with Gasteiger partial charge in [0.2, 0.25) is 0 Å². The quantitative estimate of drug-likeness (QED) is 0.615. The molecule has 2 rings (SSSR count). The van der Waals surface area contributed by atoms with Crippen LogP contribution >= 0.6 is 0 Å². The van der Waals surface area contributed by atoms with Crippen LogP contribution in [0.25, 0.3) is 0 Å². The SMILES string of the molecule is COc1ccc(OCCNC(=O)C(=O)NC2CCCCC2C)cc1. The number of benzene rings is 1. The Balaban J connectivity index is 1.65. The first-order chi connectivity index (χ1) is 11.6. The largest absolute Gasteiger partial charge is 0.497 e. The Morgan fingerprint density at radius 1 is 1.08 bits per heavy atom. The van der Waals surface area contributed by atoms with E-state index in [0.717, 1.165) is 25.0 Å². The van der Waals surface area contributed by atoms with Crippen LogP contribution in [0, 0.1) is 5.92 Å².